The molecule has 2 N–H and O–H groups in total. The van der Waals surface area contributed by atoms with E-state index in [4.69, 9.17) is 5.11 Å². The second kappa shape index (κ2) is 5.18. The molecule has 18 heavy (non-hydrogen) atoms. The number of nitrogens with zero attached hydrogens (tertiary/aromatic N) is 1. The topological polar surface area (TPSA) is 69.6 Å². The molecule has 0 radical (unpaired) electrons. The van der Waals surface area contributed by atoms with Gasteiger partial charge >= 0.3 is 0 Å². The average molecular weight is 248 g/mol. The van der Waals surface area contributed by atoms with Gasteiger partial charge in [0.2, 0.25) is 11.8 Å². The fourth-order valence-electron chi connectivity index (χ4n) is 2.26. The summed E-state index contributed by atoms with van der Waals surface area (Å²) in [6.45, 7) is 1.35. The molecule has 0 bridgehead atoms. The number of benzene rings is 1. The highest BCUT2D eigenvalue weighted by Gasteiger charge is 2.38. The van der Waals surface area contributed by atoms with Gasteiger partial charge in [-0.15, -0.1) is 0 Å². The molecule has 0 aromatic heterocycles. The lowest BCUT2D eigenvalue weighted by Gasteiger charge is -2.21. The summed E-state index contributed by atoms with van der Waals surface area (Å²) in [5, 5.41) is 11.2. The summed E-state index contributed by atoms with van der Waals surface area (Å²) in [5.74, 6) is -0.647. The molecule has 1 saturated heterocycles. The maximum atomic E-state index is 12.2. The van der Waals surface area contributed by atoms with Crippen molar-refractivity contribution in [1.82, 2.24) is 5.32 Å². The van der Waals surface area contributed by atoms with E-state index in [0.29, 0.717) is 6.42 Å². The van der Waals surface area contributed by atoms with Crippen molar-refractivity contribution in [3.8, 4) is 0 Å². The monoisotopic (exact) mass is 248 g/mol. The van der Waals surface area contributed by atoms with Crippen LogP contribution in [0.25, 0.3) is 0 Å². The first kappa shape index (κ1) is 12.6. The molecule has 0 aliphatic carbocycles. The Bertz CT molecular complexity index is 447. The van der Waals surface area contributed by atoms with Crippen molar-refractivity contribution in [3.63, 3.8) is 0 Å². The number of aliphatic hydroxyl groups is 1. The first-order valence-electron chi connectivity index (χ1n) is 5.92. The van der Waals surface area contributed by atoms with Crippen molar-refractivity contribution in [1.29, 1.82) is 0 Å². The summed E-state index contributed by atoms with van der Waals surface area (Å²) in [6.07, 6.45) is 0.555. The van der Waals surface area contributed by atoms with Crippen LogP contribution >= 0.6 is 0 Å². The molecule has 1 aliphatic rings. The molecule has 1 aromatic rings. The van der Waals surface area contributed by atoms with Crippen LogP contribution in [-0.4, -0.2) is 35.6 Å². The first-order valence-corrected chi connectivity index (χ1v) is 5.92. The minimum Gasteiger partial charge on any atom is -0.387 e. The lowest BCUT2D eigenvalue weighted by atomic mass is 10.2. The minimum atomic E-state index is -0.594. The van der Waals surface area contributed by atoms with Gasteiger partial charge in [-0.3, -0.25) is 9.59 Å². The molecule has 2 unspecified atom stereocenters. The van der Waals surface area contributed by atoms with Gasteiger partial charge in [0.05, 0.1) is 0 Å². The van der Waals surface area contributed by atoms with Gasteiger partial charge in [0.1, 0.15) is 12.6 Å². The van der Waals surface area contributed by atoms with E-state index in [2.05, 4.69) is 5.32 Å². The number of amides is 2. The van der Waals surface area contributed by atoms with Crippen LogP contribution in [-0.2, 0) is 9.59 Å². The van der Waals surface area contributed by atoms with Crippen LogP contribution in [0, 0.1) is 0 Å². The number of carbonyl (C=O) groups excluding carboxylic acids is 2. The number of hydrogen-bond donors (Lipinski definition) is 2. The highest BCUT2D eigenvalue weighted by Crippen LogP contribution is 2.26. The minimum absolute atomic E-state index is 0.0314. The van der Waals surface area contributed by atoms with Crippen LogP contribution in [0.15, 0.2) is 30.3 Å². The quantitative estimate of drug-likeness (QED) is 0.807. The predicted octanol–water partition coefficient (Wildman–Crippen LogP) is 0.289. The van der Waals surface area contributed by atoms with E-state index < -0.39 is 18.6 Å². The highest BCUT2D eigenvalue weighted by atomic mass is 16.3. The van der Waals surface area contributed by atoms with E-state index in [-0.39, 0.29) is 11.9 Å². The lowest BCUT2D eigenvalue weighted by Crippen LogP contribution is -2.42. The predicted molar refractivity (Wildman–Crippen MR) is 67.0 cm³/mol. The van der Waals surface area contributed by atoms with E-state index in [1.807, 2.05) is 37.3 Å². The van der Waals surface area contributed by atoms with Gasteiger partial charge in [0.25, 0.3) is 0 Å². The molecule has 5 nitrogen and oxygen atoms in total. The summed E-state index contributed by atoms with van der Waals surface area (Å²) in [7, 11) is 0. The number of carbonyl (C=O) groups is 2. The Labute approximate surface area is 105 Å². The molecule has 1 fully saturated rings. The second-order valence-electron chi connectivity index (χ2n) is 4.41. The maximum Gasteiger partial charge on any atom is 0.249 e. The number of rotatable bonds is 3. The molecule has 1 aromatic carbocycles. The maximum absolute atomic E-state index is 12.2. The van der Waals surface area contributed by atoms with Crippen LogP contribution in [0.5, 0.6) is 0 Å². The van der Waals surface area contributed by atoms with Gasteiger partial charge in [0, 0.05) is 11.7 Å². The van der Waals surface area contributed by atoms with Gasteiger partial charge in [-0.25, -0.2) is 0 Å². The Balaban J connectivity index is 2.15. The molecule has 1 aliphatic heterocycles. The second-order valence-corrected chi connectivity index (χ2v) is 4.41. The van der Waals surface area contributed by atoms with Crippen LogP contribution in [0.1, 0.15) is 13.3 Å². The van der Waals surface area contributed by atoms with Gasteiger partial charge in [-0.1, -0.05) is 18.2 Å². The smallest absolute Gasteiger partial charge is 0.249 e. The lowest BCUT2D eigenvalue weighted by molar-refractivity contribution is -0.128. The van der Waals surface area contributed by atoms with Crippen molar-refractivity contribution in [2.75, 3.05) is 11.5 Å². The Morgan fingerprint density at radius 3 is 2.72 bits per heavy atom. The molecule has 96 valence electrons. The molecule has 2 amide bonds. The molecule has 2 rings (SSSR count). The summed E-state index contributed by atoms with van der Waals surface area (Å²) in [6, 6.07) is 8.85. The van der Waals surface area contributed by atoms with Crippen molar-refractivity contribution in [3.05, 3.63) is 30.3 Å². The van der Waals surface area contributed by atoms with Crippen LogP contribution in [0.3, 0.4) is 0 Å². The molecular formula is C13H16N2O3. The Morgan fingerprint density at radius 1 is 1.44 bits per heavy atom. The van der Waals surface area contributed by atoms with Gasteiger partial charge < -0.3 is 15.3 Å². The fraction of sp³-hybridized carbons (Fsp3) is 0.385. The summed E-state index contributed by atoms with van der Waals surface area (Å²) < 4.78 is 0. The van der Waals surface area contributed by atoms with E-state index in [9.17, 15) is 9.59 Å². The molecule has 1 heterocycles. The van der Waals surface area contributed by atoms with Crippen molar-refractivity contribution < 1.29 is 14.7 Å². The van der Waals surface area contributed by atoms with Crippen molar-refractivity contribution >= 4 is 17.5 Å². The summed E-state index contributed by atoms with van der Waals surface area (Å²) in [4.78, 5) is 25.0. The molecular weight excluding hydrogens is 232 g/mol. The summed E-state index contributed by atoms with van der Waals surface area (Å²) >= 11 is 0. The normalized spacial score (nSPS) is 23.2. The zero-order valence-electron chi connectivity index (χ0n) is 10.2. The average Bonchev–Trinajstić information content (AvgIpc) is 2.65. The van der Waals surface area contributed by atoms with E-state index >= 15 is 0 Å². The van der Waals surface area contributed by atoms with E-state index in [1.54, 1.807) is 4.90 Å². The molecule has 2 atom stereocenters. The SMILES string of the molecule is CC1CC(NC(=O)CO)C(=O)N1c1ccccc1. The van der Waals surface area contributed by atoms with Gasteiger partial charge in [0.15, 0.2) is 0 Å². The van der Waals surface area contributed by atoms with Crippen LogP contribution < -0.4 is 10.2 Å². The number of anilines is 1. The van der Waals surface area contributed by atoms with E-state index in [0.717, 1.165) is 5.69 Å². The number of hydrogen-bond acceptors (Lipinski definition) is 3. The number of nitrogens with one attached hydrogen (secondary N) is 1. The molecule has 0 saturated carbocycles. The first-order chi connectivity index (χ1) is 8.63. The number of aliphatic hydroxyl groups excluding tert-OH is 1. The number of para-hydroxylation sites is 1. The molecule has 5 heteroatoms. The van der Waals surface area contributed by atoms with Crippen LogP contribution in [0.4, 0.5) is 5.69 Å². The molecule has 0 spiro atoms. The Kier molecular flexibility index (Phi) is 3.62. The summed E-state index contributed by atoms with van der Waals surface area (Å²) in [5.41, 5.74) is 0.829. The van der Waals surface area contributed by atoms with Gasteiger partial charge in [-0.2, -0.15) is 0 Å². The highest BCUT2D eigenvalue weighted by molar-refractivity contribution is 6.02. The zero-order valence-corrected chi connectivity index (χ0v) is 10.2. The van der Waals surface area contributed by atoms with Crippen LogP contribution in [0.2, 0.25) is 0 Å². The Hall–Kier alpha value is -1.88. The van der Waals surface area contributed by atoms with E-state index in [1.165, 1.54) is 0 Å². The fourth-order valence-corrected chi connectivity index (χ4v) is 2.26. The largest absolute Gasteiger partial charge is 0.387 e. The Morgan fingerprint density at radius 2 is 2.11 bits per heavy atom. The zero-order chi connectivity index (χ0) is 13.1. The third-order valence-electron chi connectivity index (χ3n) is 3.07. The van der Waals surface area contributed by atoms with Crippen molar-refractivity contribution in [2.24, 2.45) is 0 Å². The third-order valence-corrected chi connectivity index (χ3v) is 3.07. The van der Waals surface area contributed by atoms with Crippen molar-refractivity contribution in [2.45, 2.75) is 25.4 Å². The van der Waals surface area contributed by atoms with Gasteiger partial charge in [-0.05, 0) is 25.5 Å². The third kappa shape index (κ3) is 2.36. The standard InChI is InChI=1S/C13H16N2O3/c1-9-7-11(14-12(17)8-16)13(18)15(9)10-5-3-2-4-6-10/h2-6,9,11,16H,7-8H2,1H3,(H,14,17).